The average molecular weight is 343 g/mol. The van der Waals surface area contributed by atoms with Gasteiger partial charge in [0.25, 0.3) is 5.91 Å². The van der Waals surface area contributed by atoms with Gasteiger partial charge in [-0.3, -0.25) is 4.79 Å². The van der Waals surface area contributed by atoms with Gasteiger partial charge in [0.2, 0.25) is 0 Å². The van der Waals surface area contributed by atoms with Crippen LogP contribution < -0.4 is 14.8 Å². The Morgan fingerprint density at radius 3 is 2.24 bits per heavy atom. The highest BCUT2D eigenvalue weighted by Crippen LogP contribution is 2.25. The number of methoxy groups -OCH3 is 2. The van der Waals surface area contributed by atoms with E-state index < -0.39 is 11.9 Å². The third-order valence-corrected chi connectivity index (χ3v) is 3.47. The van der Waals surface area contributed by atoms with Crippen LogP contribution in [0.2, 0.25) is 0 Å². The second-order valence-electron chi connectivity index (χ2n) is 5.57. The summed E-state index contributed by atoms with van der Waals surface area (Å²) in [6, 6.07) is 10.4. The molecule has 1 N–H and O–H groups in total. The highest BCUT2D eigenvalue weighted by atomic mass is 16.5. The molecule has 6 heteroatoms. The Labute approximate surface area is 146 Å². The molecular formula is C19H21NO5. The first-order valence-corrected chi connectivity index (χ1v) is 7.70. The van der Waals surface area contributed by atoms with E-state index >= 15 is 0 Å². The van der Waals surface area contributed by atoms with Gasteiger partial charge in [-0.1, -0.05) is 6.07 Å². The highest BCUT2D eigenvalue weighted by molar-refractivity contribution is 5.97. The van der Waals surface area contributed by atoms with Crippen LogP contribution in [-0.4, -0.2) is 32.7 Å². The molecule has 0 radical (unpaired) electrons. The van der Waals surface area contributed by atoms with E-state index in [1.54, 1.807) is 12.1 Å². The Balaban J connectivity index is 1.98. The van der Waals surface area contributed by atoms with E-state index in [1.165, 1.54) is 20.3 Å². The van der Waals surface area contributed by atoms with E-state index in [0.717, 1.165) is 11.1 Å². The molecule has 6 nitrogen and oxygen atoms in total. The minimum atomic E-state index is -0.643. The molecule has 2 aromatic carbocycles. The molecular weight excluding hydrogens is 322 g/mol. The van der Waals surface area contributed by atoms with Crippen LogP contribution in [0.3, 0.4) is 0 Å². The van der Waals surface area contributed by atoms with E-state index in [2.05, 4.69) is 5.32 Å². The van der Waals surface area contributed by atoms with Crippen LogP contribution in [0.5, 0.6) is 11.5 Å². The number of hydrogen-bond donors (Lipinski definition) is 1. The van der Waals surface area contributed by atoms with Gasteiger partial charge in [0.1, 0.15) is 17.1 Å². The molecule has 0 spiro atoms. The molecule has 0 aromatic heterocycles. The monoisotopic (exact) mass is 343 g/mol. The normalized spacial score (nSPS) is 10.1. The van der Waals surface area contributed by atoms with Gasteiger partial charge >= 0.3 is 5.97 Å². The summed E-state index contributed by atoms with van der Waals surface area (Å²) in [4.78, 5) is 24.2. The summed E-state index contributed by atoms with van der Waals surface area (Å²) in [6.07, 6.45) is 0. The first kappa shape index (κ1) is 18.3. The molecule has 2 aromatic rings. The maximum Gasteiger partial charge on any atom is 0.342 e. The summed E-state index contributed by atoms with van der Waals surface area (Å²) in [6.45, 7) is 3.50. The van der Waals surface area contributed by atoms with Gasteiger partial charge < -0.3 is 19.5 Å². The second kappa shape index (κ2) is 8.19. The van der Waals surface area contributed by atoms with Crippen molar-refractivity contribution in [3.05, 3.63) is 53.1 Å². The summed E-state index contributed by atoms with van der Waals surface area (Å²) in [5.41, 5.74) is 2.97. The maximum atomic E-state index is 12.2. The van der Waals surface area contributed by atoms with Crippen LogP contribution in [0.15, 0.2) is 36.4 Å². The Kier molecular flexibility index (Phi) is 6.00. The fourth-order valence-electron chi connectivity index (χ4n) is 2.42. The number of nitrogens with one attached hydrogen (secondary N) is 1. The summed E-state index contributed by atoms with van der Waals surface area (Å²) in [5.74, 6) is -0.180. The van der Waals surface area contributed by atoms with Crippen LogP contribution in [0.25, 0.3) is 0 Å². The fourth-order valence-corrected chi connectivity index (χ4v) is 2.42. The summed E-state index contributed by atoms with van der Waals surface area (Å²) < 4.78 is 15.3. The number of rotatable bonds is 6. The zero-order valence-electron chi connectivity index (χ0n) is 14.7. The van der Waals surface area contributed by atoms with E-state index in [0.29, 0.717) is 17.2 Å². The van der Waals surface area contributed by atoms with Crippen LogP contribution >= 0.6 is 0 Å². The van der Waals surface area contributed by atoms with Crippen molar-refractivity contribution in [1.29, 1.82) is 0 Å². The number of amides is 1. The van der Waals surface area contributed by atoms with Crippen molar-refractivity contribution in [2.75, 3.05) is 26.1 Å². The quantitative estimate of drug-likeness (QED) is 0.816. The second-order valence-corrected chi connectivity index (χ2v) is 5.57. The van der Waals surface area contributed by atoms with Crippen molar-refractivity contribution in [2.45, 2.75) is 13.8 Å². The highest BCUT2D eigenvalue weighted by Gasteiger charge is 2.16. The van der Waals surface area contributed by atoms with Gasteiger partial charge in [0.05, 0.1) is 14.2 Å². The van der Waals surface area contributed by atoms with Crippen molar-refractivity contribution >= 4 is 17.6 Å². The minimum absolute atomic E-state index is 0.225. The molecule has 0 heterocycles. The summed E-state index contributed by atoms with van der Waals surface area (Å²) in [7, 11) is 2.96. The van der Waals surface area contributed by atoms with Gasteiger partial charge in [-0.05, 0) is 49.2 Å². The summed E-state index contributed by atoms with van der Waals surface area (Å²) >= 11 is 0. The molecule has 0 bridgehead atoms. The lowest BCUT2D eigenvalue weighted by molar-refractivity contribution is -0.119. The van der Waals surface area contributed by atoms with Crippen molar-refractivity contribution in [3.8, 4) is 11.5 Å². The Morgan fingerprint density at radius 2 is 1.64 bits per heavy atom. The molecule has 2 rings (SSSR count). The van der Waals surface area contributed by atoms with Gasteiger partial charge in [0.15, 0.2) is 6.61 Å². The molecule has 132 valence electrons. The number of carbonyl (C=O) groups excluding carboxylic acids is 2. The first-order valence-electron chi connectivity index (χ1n) is 7.70. The number of hydrogen-bond acceptors (Lipinski definition) is 5. The standard InChI is InChI=1S/C19H21NO5/c1-12-7-13(2)9-14(8-12)20-18(21)11-25-19(22)16-6-5-15(23-3)10-17(16)24-4/h5-10H,11H2,1-4H3,(H,20,21). The molecule has 0 aliphatic rings. The first-order chi connectivity index (χ1) is 11.9. The summed E-state index contributed by atoms with van der Waals surface area (Å²) in [5, 5.41) is 2.71. The van der Waals surface area contributed by atoms with Crippen LogP contribution in [0, 0.1) is 13.8 Å². The maximum absolute atomic E-state index is 12.2. The molecule has 0 aliphatic carbocycles. The Morgan fingerprint density at radius 1 is 0.960 bits per heavy atom. The predicted molar refractivity (Wildman–Crippen MR) is 94.4 cm³/mol. The van der Waals surface area contributed by atoms with Gasteiger partial charge in [-0.25, -0.2) is 4.79 Å². The van der Waals surface area contributed by atoms with E-state index in [4.69, 9.17) is 14.2 Å². The van der Waals surface area contributed by atoms with Crippen molar-refractivity contribution in [3.63, 3.8) is 0 Å². The third-order valence-electron chi connectivity index (χ3n) is 3.47. The van der Waals surface area contributed by atoms with E-state index in [-0.39, 0.29) is 12.2 Å². The molecule has 0 unspecified atom stereocenters. The number of aryl methyl sites for hydroxylation is 2. The fraction of sp³-hybridized carbons (Fsp3) is 0.263. The largest absolute Gasteiger partial charge is 0.497 e. The van der Waals surface area contributed by atoms with Gasteiger partial charge in [-0.15, -0.1) is 0 Å². The third kappa shape index (κ3) is 4.97. The number of esters is 1. The zero-order chi connectivity index (χ0) is 18.4. The molecule has 0 fully saturated rings. The smallest absolute Gasteiger partial charge is 0.342 e. The predicted octanol–water partition coefficient (Wildman–Crippen LogP) is 3.12. The number of ether oxygens (including phenoxy) is 3. The van der Waals surface area contributed by atoms with E-state index in [1.807, 2.05) is 32.0 Å². The number of benzene rings is 2. The molecule has 0 aliphatic heterocycles. The SMILES string of the molecule is COc1ccc(C(=O)OCC(=O)Nc2cc(C)cc(C)c2)c(OC)c1. The van der Waals surface area contributed by atoms with Crippen LogP contribution in [-0.2, 0) is 9.53 Å². The van der Waals surface area contributed by atoms with Crippen molar-refractivity contribution in [1.82, 2.24) is 0 Å². The topological polar surface area (TPSA) is 73.9 Å². The Hall–Kier alpha value is -3.02. The lowest BCUT2D eigenvalue weighted by atomic mass is 10.1. The van der Waals surface area contributed by atoms with Crippen LogP contribution in [0.1, 0.15) is 21.5 Å². The molecule has 25 heavy (non-hydrogen) atoms. The lowest BCUT2D eigenvalue weighted by Gasteiger charge is -2.11. The number of carbonyl (C=O) groups is 2. The van der Waals surface area contributed by atoms with Crippen LogP contribution in [0.4, 0.5) is 5.69 Å². The molecule has 0 saturated heterocycles. The van der Waals surface area contributed by atoms with Gasteiger partial charge in [0, 0.05) is 11.8 Å². The van der Waals surface area contributed by atoms with Crippen molar-refractivity contribution in [2.24, 2.45) is 0 Å². The minimum Gasteiger partial charge on any atom is -0.497 e. The lowest BCUT2D eigenvalue weighted by Crippen LogP contribution is -2.21. The van der Waals surface area contributed by atoms with Gasteiger partial charge in [-0.2, -0.15) is 0 Å². The molecule has 0 atom stereocenters. The van der Waals surface area contributed by atoms with Crippen molar-refractivity contribution < 1.29 is 23.8 Å². The zero-order valence-corrected chi connectivity index (χ0v) is 14.7. The molecule has 0 saturated carbocycles. The average Bonchev–Trinajstić information content (AvgIpc) is 2.58. The van der Waals surface area contributed by atoms with E-state index in [9.17, 15) is 9.59 Å². The Bertz CT molecular complexity index is 765. The number of anilines is 1. The molecule has 1 amide bonds.